The first-order chi connectivity index (χ1) is 13.7. The molecule has 2 aliphatic rings. The Labute approximate surface area is 162 Å². The SMILES string of the molecule is O=C(CN1Cc2ccccc2C1)N1CCC(c2noc3cc(F)ccc23)CC1. The number of fused-ring (bicyclic) bond motifs is 2. The Morgan fingerprint density at radius 1 is 1.11 bits per heavy atom. The Balaban J connectivity index is 1.19. The molecule has 6 heteroatoms. The summed E-state index contributed by atoms with van der Waals surface area (Å²) >= 11 is 0. The maximum Gasteiger partial charge on any atom is 0.236 e. The number of hydrogen-bond donors (Lipinski definition) is 0. The van der Waals surface area contributed by atoms with E-state index in [4.69, 9.17) is 4.52 Å². The van der Waals surface area contributed by atoms with E-state index >= 15 is 0 Å². The molecule has 3 heterocycles. The van der Waals surface area contributed by atoms with E-state index in [-0.39, 0.29) is 17.6 Å². The van der Waals surface area contributed by atoms with E-state index in [0.29, 0.717) is 12.1 Å². The Morgan fingerprint density at radius 2 is 1.82 bits per heavy atom. The molecule has 0 aliphatic carbocycles. The number of amides is 1. The fourth-order valence-electron chi connectivity index (χ4n) is 4.43. The minimum Gasteiger partial charge on any atom is -0.356 e. The Kier molecular flexibility index (Phi) is 4.36. The maximum atomic E-state index is 13.3. The van der Waals surface area contributed by atoms with Crippen molar-refractivity contribution in [1.82, 2.24) is 15.0 Å². The van der Waals surface area contributed by atoms with Crippen molar-refractivity contribution in [2.24, 2.45) is 0 Å². The molecule has 3 aromatic rings. The van der Waals surface area contributed by atoms with Gasteiger partial charge in [-0.15, -0.1) is 0 Å². The van der Waals surface area contributed by atoms with E-state index in [9.17, 15) is 9.18 Å². The molecule has 5 nitrogen and oxygen atoms in total. The van der Waals surface area contributed by atoms with E-state index in [1.165, 1.54) is 23.3 Å². The van der Waals surface area contributed by atoms with Crippen LogP contribution in [-0.4, -0.2) is 40.5 Å². The average molecular weight is 379 g/mol. The lowest BCUT2D eigenvalue weighted by Gasteiger charge is -2.32. The molecule has 5 rings (SSSR count). The van der Waals surface area contributed by atoms with E-state index < -0.39 is 0 Å². The quantitative estimate of drug-likeness (QED) is 0.696. The summed E-state index contributed by atoms with van der Waals surface area (Å²) in [5, 5.41) is 5.06. The van der Waals surface area contributed by atoms with Crippen LogP contribution in [0.2, 0.25) is 0 Å². The first-order valence-corrected chi connectivity index (χ1v) is 9.79. The third-order valence-electron chi connectivity index (χ3n) is 5.96. The van der Waals surface area contributed by atoms with Crippen molar-refractivity contribution in [3.63, 3.8) is 0 Å². The van der Waals surface area contributed by atoms with Gasteiger partial charge >= 0.3 is 0 Å². The number of nitrogens with zero attached hydrogens (tertiary/aromatic N) is 3. The summed E-state index contributed by atoms with van der Waals surface area (Å²) in [5.74, 6) is 0.116. The second kappa shape index (κ2) is 7.02. The predicted molar refractivity (Wildman–Crippen MR) is 103 cm³/mol. The predicted octanol–water partition coefficient (Wildman–Crippen LogP) is 3.69. The summed E-state index contributed by atoms with van der Waals surface area (Å²) in [6.45, 7) is 3.60. The Morgan fingerprint density at radius 3 is 2.54 bits per heavy atom. The summed E-state index contributed by atoms with van der Waals surface area (Å²) < 4.78 is 18.6. The smallest absolute Gasteiger partial charge is 0.236 e. The summed E-state index contributed by atoms with van der Waals surface area (Å²) in [6.07, 6.45) is 1.70. The molecule has 1 saturated heterocycles. The van der Waals surface area contributed by atoms with E-state index in [1.54, 1.807) is 6.07 Å². The van der Waals surface area contributed by atoms with Crippen molar-refractivity contribution in [2.75, 3.05) is 19.6 Å². The molecule has 144 valence electrons. The summed E-state index contributed by atoms with van der Waals surface area (Å²) in [6, 6.07) is 12.9. The highest BCUT2D eigenvalue weighted by Gasteiger charge is 2.29. The average Bonchev–Trinajstić information content (AvgIpc) is 3.31. The first-order valence-electron chi connectivity index (χ1n) is 9.79. The molecule has 0 radical (unpaired) electrons. The Hall–Kier alpha value is -2.73. The number of hydrogen-bond acceptors (Lipinski definition) is 4. The summed E-state index contributed by atoms with van der Waals surface area (Å²) in [5.41, 5.74) is 4.02. The van der Waals surface area contributed by atoms with Crippen molar-refractivity contribution >= 4 is 16.9 Å². The number of carbonyl (C=O) groups is 1. The number of halogens is 1. The van der Waals surface area contributed by atoms with Gasteiger partial charge in [0.1, 0.15) is 5.82 Å². The Bertz CT molecular complexity index is 999. The van der Waals surface area contributed by atoms with Crippen molar-refractivity contribution < 1.29 is 13.7 Å². The van der Waals surface area contributed by atoms with Gasteiger partial charge in [0.05, 0.1) is 12.2 Å². The lowest BCUT2D eigenvalue weighted by molar-refractivity contribution is -0.133. The van der Waals surface area contributed by atoms with Crippen LogP contribution < -0.4 is 0 Å². The van der Waals surface area contributed by atoms with Crippen LogP contribution in [0.5, 0.6) is 0 Å². The fourth-order valence-corrected chi connectivity index (χ4v) is 4.43. The van der Waals surface area contributed by atoms with Crippen LogP contribution in [-0.2, 0) is 17.9 Å². The van der Waals surface area contributed by atoms with Crippen LogP contribution >= 0.6 is 0 Å². The van der Waals surface area contributed by atoms with E-state index in [1.807, 2.05) is 4.90 Å². The van der Waals surface area contributed by atoms with Gasteiger partial charge in [-0.3, -0.25) is 9.69 Å². The number of rotatable bonds is 3. The first kappa shape index (κ1) is 17.4. The maximum absolute atomic E-state index is 13.3. The minimum absolute atomic E-state index is 0.193. The molecule has 2 aliphatic heterocycles. The largest absolute Gasteiger partial charge is 0.356 e. The zero-order valence-corrected chi connectivity index (χ0v) is 15.6. The van der Waals surface area contributed by atoms with Crippen molar-refractivity contribution in [2.45, 2.75) is 31.8 Å². The van der Waals surface area contributed by atoms with Crippen LogP contribution in [0.4, 0.5) is 4.39 Å². The molecule has 28 heavy (non-hydrogen) atoms. The van der Waals surface area contributed by atoms with Crippen LogP contribution in [0.25, 0.3) is 11.0 Å². The van der Waals surface area contributed by atoms with Gasteiger partial charge in [-0.1, -0.05) is 29.4 Å². The minimum atomic E-state index is -0.320. The molecule has 0 bridgehead atoms. The monoisotopic (exact) mass is 379 g/mol. The highest BCUT2D eigenvalue weighted by molar-refractivity contribution is 5.80. The van der Waals surface area contributed by atoms with Gasteiger partial charge in [0.2, 0.25) is 5.91 Å². The molecule has 0 saturated carbocycles. The third kappa shape index (κ3) is 3.18. The number of aromatic nitrogens is 1. The number of benzene rings is 2. The second-order valence-electron chi connectivity index (χ2n) is 7.78. The normalized spacial score (nSPS) is 18.0. The topological polar surface area (TPSA) is 49.6 Å². The summed E-state index contributed by atoms with van der Waals surface area (Å²) in [7, 11) is 0. The van der Waals surface area contributed by atoms with Crippen LogP contribution in [0.3, 0.4) is 0 Å². The van der Waals surface area contributed by atoms with Gasteiger partial charge in [0, 0.05) is 43.5 Å². The molecule has 1 aromatic heterocycles. The fraction of sp³-hybridized carbons (Fsp3) is 0.364. The lowest BCUT2D eigenvalue weighted by atomic mass is 9.91. The van der Waals surface area contributed by atoms with Gasteiger partial charge in [0.15, 0.2) is 5.58 Å². The number of piperidine rings is 1. The molecule has 0 N–H and O–H groups in total. The highest BCUT2D eigenvalue weighted by atomic mass is 19.1. The third-order valence-corrected chi connectivity index (χ3v) is 5.96. The zero-order chi connectivity index (χ0) is 19.1. The van der Waals surface area contributed by atoms with Crippen LogP contribution in [0.1, 0.15) is 35.6 Å². The lowest BCUT2D eigenvalue weighted by Crippen LogP contribution is -2.42. The molecule has 0 spiro atoms. The number of likely N-dealkylation sites (tertiary alicyclic amines) is 1. The highest BCUT2D eigenvalue weighted by Crippen LogP contribution is 2.33. The molecular formula is C22H22FN3O2. The molecule has 2 aromatic carbocycles. The van der Waals surface area contributed by atoms with Crippen LogP contribution in [0, 0.1) is 5.82 Å². The zero-order valence-electron chi connectivity index (χ0n) is 15.6. The van der Waals surface area contributed by atoms with Crippen molar-refractivity contribution in [3.8, 4) is 0 Å². The van der Waals surface area contributed by atoms with Gasteiger partial charge in [-0.05, 0) is 36.1 Å². The summed E-state index contributed by atoms with van der Waals surface area (Å²) in [4.78, 5) is 16.9. The molecule has 1 fully saturated rings. The standard InChI is InChI=1S/C22H22FN3O2/c23-18-5-6-19-20(11-18)28-24-22(19)15-7-9-26(10-8-15)21(27)14-25-12-16-3-1-2-4-17(16)13-25/h1-6,11,15H,7-10,12-14H2. The van der Waals surface area contributed by atoms with Gasteiger partial charge in [-0.25, -0.2) is 4.39 Å². The van der Waals surface area contributed by atoms with E-state index in [2.05, 4.69) is 34.3 Å². The van der Waals surface area contributed by atoms with Crippen molar-refractivity contribution in [3.05, 3.63) is 65.1 Å². The van der Waals surface area contributed by atoms with Gasteiger partial charge in [-0.2, -0.15) is 0 Å². The van der Waals surface area contributed by atoms with Gasteiger partial charge < -0.3 is 9.42 Å². The number of carbonyl (C=O) groups excluding carboxylic acids is 1. The molecule has 1 amide bonds. The van der Waals surface area contributed by atoms with Gasteiger partial charge in [0.25, 0.3) is 0 Å². The van der Waals surface area contributed by atoms with E-state index in [0.717, 1.165) is 50.1 Å². The van der Waals surface area contributed by atoms with Crippen LogP contribution in [0.15, 0.2) is 47.0 Å². The molecular weight excluding hydrogens is 357 g/mol. The molecule has 0 atom stereocenters. The van der Waals surface area contributed by atoms with Crippen molar-refractivity contribution in [1.29, 1.82) is 0 Å². The second-order valence-corrected chi connectivity index (χ2v) is 7.78. The molecule has 0 unspecified atom stereocenters.